The number of hydrogen-bond acceptors (Lipinski definition) is 3. The molecule has 85 valence electrons. The van der Waals surface area contributed by atoms with Crippen molar-refractivity contribution < 1.29 is 9.90 Å². The predicted octanol–water partition coefficient (Wildman–Crippen LogP) is -0.0787. The van der Waals surface area contributed by atoms with E-state index in [0.29, 0.717) is 13.1 Å². The van der Waals surface area contributed by atoms with E-state index in [4.69, 9.17) is 5.73 Å². The molecule has 1 radical (unpaired) electrons. The van der Waals surface area contributed by atoms with Crippen LogP contribution in [0.25, 0.3) is 0 Å². The molecule has 2 unspecified atom stereocenters. The number of hydrogen-bond donors (Lipinski definition) is 2. The van der Waals surface area contributed by atoms with Crippen molar-refractivity contribution in [1.29, 1.82) is 0 Å². The van der Waals surface area contributed by atoms with E-state index in [1.54, 1.807) is 6.42 Å². The number of likely N-dealkylation sites (tertiary alicyclic amines) is 1. The van der Waals surface area contributed by atoms with Crippen molar-refractivity contribution in [2.75, 3.05) is 6.54 Å². The Morgan fingerprint density at radius 1 is 1.44 bits per heavy atom. The Kier molecular flexibility index (Phi) is 3.22. The van der Waals surface area contributed by atoms with Gasteiger partial charge in [0.15, 0.2) is 0 Å². The molecule has 0 bridgehead atoms. The van der Waals surface area contributed by atoms with E-state index in [-0.39, 0.29) is 0 Å². The summed E-state index contributed by atoms with van der Waals surface area (Å²) < 4.78 is 0. The van der Waals surface area contributed by atoms with Gasteiger partial charge in [-0.15, -0.1) is 0 Å². The minimum atomic E-state index is -0.568. The lowest BCUT2D eigenvalue weighted by Crippen LogP contribution is -2.39. The first-order chi connectivity index (χ1) is 7.66. The number of carbonyl (C=O) groups excluding carboxylic acids is 1. The SMILES string of the molecule is NC(=O)C1[CH]C(O)CN1Cc1ccccc1. The van der Waals surface area contributed by atoms with Crippen molar-refractivity contribution >= 4 is 5.91 Å². The van der Waals surface area contributed by atoms with Gasteiger partial charge < -0.3 is 10.8 Å². The average Bonchev–Trinajstić information content (AvgIpc) is 2.61. The third kappa shape index (κ3) is 2.40. The average molecular weight is 219 g/mol. The Morgan fingerprint density at radius 3 is 2.75 bits per heavy atom. The second-order valence-electron chi connectivity index (χ2n) is 4.02. The molecular weight excluding hydrogens is 204 g/mol. The molecule has 1 aromatic carbocycles. The standard InChI is InChI=1S/C12H15N2O2/c13-12(16)11-6-10(15)8-14(11)7-9-4-2-1-3-5-9/h1-6,10-11,15H,7-8H2,(H2,13,16). The number of nitrogens with two attached hydrogens (primary N) is 1. The predicted molar refractivity (Wildman–Crippen MR) is 60.1 cm³/mol. The van der Waals surface area contributed by atoms with Crippen LogP contribution in [0.1, 0.15) is 5.56 Å². The Balaban J connectivity index is 2.06. The van der Waals surface area contributed by atoms with E-state index >= 15 is 0 Å². The fraction of sp³-hybridized carbons (Fsp3) is 0.333. The fourth-order valence-corrected chi connectivity index (χ4v) is 2.00. The summed E-state index contributed by atoms with van der Waals surface area (Å²) in [7, 11) is 0. The van der Waals surface area contributed by atoms with Crippen LogP contribution in [-0.2, 0) is 11.3 Å². The van der Waals surface area contributed by atoms with Crippen molar-refractivity contribution in [2.24, 2.45) is 5.73 Å². The summed E-state index contributed by atoms with van der Waals surface area (Å²) in [5, 5.41) is 9.49. The van der Waals surface area contributed by atoms with E-state index in [0.717, 1.165) is 5.56 Å². The lowest BCUT2D eigenvalue weighted by molar-refractivity contribution is -0.121. The highest BCUT2D eigenvalue weighted by molar-refractivity contribution is 5.82. The maximum Gasteiger partial charge on any atom is 0.235 e. The minimum Gasteiger partial charge on any atom is -0.391 e. The van der Waals surface area contributed by atoms with Crippen molar-refractivity contribution in [3.8, 4) is 0 Å². The molecule has 1 heterocycles. The maximum atomic E-state index is 11.2. The highest BCUT2D eigenvalue weighted by Gasteiger charge is 2.34. The van der Waals surface area contributed by atoms with Gasteiger partial charge in [0, 0.05) is 19.5 Å². The smallest absolute Gasteiger partial charge is 0.235 e. The molecule has 4 heteroatoms. The molecule has 2 atom stereocenters. The molecular formula is C12H15N2O2. The lowest BCUT2D eigenvalue weighted by Gasteiger charge is -2.21. The van der Waals surface area contributed by atoms with Crippen LogP contribution in [0, 0.1) is 6.42 Å². The molecule has 1 amide bonds. The van der Waals surface area contributed by atoms with Crippen molar-refractivity contribution in [1.82, 2.24) is 4.90 Å². The molecule has 0 saturated carbocycles. The van der Waals surface area contributed by atoms with Crippen LogP contribution in [0.15, 0.2) is 30.3 Å². The number of rotatable bonds is 3. The molecule has 16 heavy (non-hydrogen) atoms. The molecule has 1 aliphatic heterocycles. The Labute approximate surface area is 94.7 Å². The zero-order valence-corrected chi connectivity index (χ0v) is 8.91. The molecule has 0 aliphatic carbocycles. The molecule has 3 N–H and O–H groups in total. The van der Waals surface area contributed by atoms with Crippen LogP contribution < -0.4 is 5.73 Å². The lowest BCUT2D eigenvalue weighted by atomic mass is 10.1. The first-order valence-electron chi connectivity index (χ1n) is 5.27. The Hall–Kier alpha value is -1.39. The summed E-state index contributed by atoms with van der Waals surface area (Å²) in [6.07, 6.45) is 1.02. The molecule has 0 aromatic heterocycles. The number of nitrogens with zero attached hydrogens (tertiary/aromatic N) is 1. The van der Waals surface area contributed by atoms with Gasteiger partial charge in [0.25, 0.3) is 0 Å². The van der Waals surface area contributed by atoms with Crippen LogP contribution in [0.3, 0.4) is 0 Å². The summed E-state index contributed by atoms with van der Waals surface area (Å²) in [4.78, 5) is 13.1. The summed E-state index contributed by atoms with van der Waals surface area (Å²) >= 11 is 0. The quantitative estimate of drug-likeness (QED) is 0.747. The molecule has 2 rings (SSSR count). The largest absolute Gasteiger partial charge is 0.391 e. The highest BCUT2D eigenvalue weighted by atomic mass is 16.3. The molecule has 1 saturated heterocycles. The number of aliphatic hydroxyl groups is 1. The monoisotopic (exact) mass is 219 g/mol. The van der Waals surface area contributed by atoms with Crippen molar-refractivity contribution in [3.63, 3.8) is 0 Å². The number of aliphatic hydroxyl groups excluding tert-OH is 1. The van der Waals surface area contributed by atoms with Gasteiger partial charge in [-0.1, -0.05) is 30.3 Å². The maximum absolute atomic E-state index is 11.2. The second-order valence-corrected chi connectivity index (χ2v) is 4.02. The third-order valence-electron chi connectivity index (χ3n) is 2.74. The summed E-state index contributed by atoms with van der Waals surface area (Å²) in [5.41, 5.74) is 6.39. The van der Waals surface area contributed by atoms with Crippen LogP contribution in [-0.4, -0.2) is 34.6 Å². The summed E-state index contributed by atoms with van der Waals surface area (Å²) in [6, 6.07) is 9.36. The van der Waals surface area contributed by atoms with Crippen LogP contribution in [0.2, 0.25) is 0 Å². The zero-order chi connectivity index (χ0) is 11.5. The van der Waals surface area contributed by atoms with Gasteiger partial charge in [-0.2, -0.15) is 0 Å². The number of benzene rings is 1. The number of amides is 1. The normalized spacial score (nSPS) is 25.8. The first-order valence-corrected chi connectivity index (χ1v) is 5.27. The fourth-order valence-electron chi connectivity index (χ4n) is 2.00. The number of carbonyl (C=O) groups is 1. The van der Waals surface area contributed by atoms with E-state index < -0.39 is 18.1 Å². The highest BCUT2D eigenvalue weighted by Crippen LogP contribution is 2.19. The van der Waals surface area contributed by atoms with Gasteiger partial charge in [0.05, 0.1) is 12.1 Å². The van der Waals surface area contributed by atoms with Gasteiger partial charge >= 0.3 is 0 Å². The molecule has 0 spiro atoms. The summed E-state index contributed by atoms with van der Waals surface area (Å²) in [5.74, 6) is -0.410. The van der Waals surface area contributed by atoms with E-state index in [9.17, 15) is 9.90 Å². The van der Waals surface area contributed by atoms with Gasteiger partial charge in [-0.25, -0.2) is 0 Å². The van der Waals surface area contributed by atoms with Crippen molar-refractivity contribution in [3.05, 3.63) is 42.3 Å². The van der Waals surface area contributed by atoms with E-state index in [1.807, 2.05) is 35.2 Å². The van der Waals surface area contributed by atoms with Crippen molar-refractivity contribution in [2.45, 2.75) is 18.7 Å². The molecule has 1 fully saturated rings. The summed E-state index contributed by atoms with van der Waals surface area (Å²) in [6.45, 7) is 1.09. The number of primary amides is 1. The molecule has 1 aliphatic rings. The van der Waals surface area contributed by atoms with Gasteiger partial charge in [0.1, 0.15) is 0 Å². The van der Waals surface area contributed by atoms with Crippen LogP contribution in [0.5, 0.6) is 0 Å². The van der Waals surface area contributed by atoms with Gasteiger partial charge in [-0.05, 0) is 5.56 Å². The van der Waals surface area contributed by atoms with E-state index in [1.165, 1.54) is 0 Å². The van der Waals surface area contributed by atoms with Gasteiger partial charge in [0.2, 0.25) is 5.91 Å². The Morgan fingerprint density at radius 2 is 2.12 bits per heavy atom. The van der Waals surface area contributed by atoms with Gasteiger partial charge in [-0.3, -0.25) is 9.69 Å². The van der Waals surface area contributed by atoms with E-state index in [2.05, 4.69) is 0 Å². The topological polar surface area (TPSA) is 66.6 Å². The second kappa shape index (κ2) is 4.63. The van der Waals surface area contributed by atoms with Crippen LogP contribution in [0.4, 0.5) is 0 Å². The molecule has 4 nitrogen and oxygen atoms in total. The number of β-amino-alcohol motifs (C(OH)–C–C–N with tert-alkyl or cyclic N) is 1. The third-order valence-corrected chi connectivity index (χ3v) is 2.74. The molecule has 1 aromatic rings. The first kappa shape index (κ1) is 11.1. The Bertz CT molecular complexity index is 367. The van der Waals surface area contributed by atoms with Crippen LogP contribution >= 0.6 is 0 Å². The zero-order valence-electron chi connectivity index (χ0n) is 8.91. The minimum absolute atomic E-state index is 0.410.